The molecule has 0 saturated carbocycles. The van der Waals surface area contributed by atoms with Crippen LogP contribution in [0.2, 0.25) is 0 Å². The Balaban J connectivity index is 1.55. The van der Waals surface area contributed by atoms with Gasteiger partial charge >= 0.3 is 0 Å². The van der Waals surface area contributed by atoms with Crippen molar-refractivity contribution in [1.29, 1.82) is 0 Å². The summed E-state index contributed by atoms with van der Waals surface area (Å²) in [4.78, 5) is 16.9. The van der Waals surface area contributed by atoms with Crippen molar-refractivity contribution in [2.24, 2.45) is 0 Å². The van der Waals surface area contributed by atoms with Crippen molar-refractivity contribution in [3.63, 3.8) is 0 Å². The van der Waals surface area contributed by atoms with Gasteiger partial charge in [-0.25, -0.2) is 4.98 Å². The largest absolute Gasteiger partial charge is 0.497 e. The zero-order chi connectivity index (χ0) is 20.4. The molecule has 0 atom stereocenters. The summed E-state index contributed by atoms with van der Waals surface area (Å²) in [5.41, 5.74) is 2.68. The van der Waals surface area contributed by atoms with Gasteiger partial charge in [0.1, 0.15) is 17.1 Å². The van der Waals surface area contributed by atoms with Crippen molar-refractivity contribution in [2.75, 3.05) is 14.2 Å². The van der Waals surface area contributed by atoms with Gasteiger partial charge in [-0.15, -0.1) is 10.2 Å². The Bertz CT molecular complexity index is 1210. The molecule has 3 aromatic heterocycles. The molecule has 0 fully saturated rings. The average Bonchev–Trinajstić information content (AvgIpc) is 3.21. The van der Waals surface area contributed by atoms with E-state index in [-0.39, 0.29) is 5.56 Å². The van der Waals surface area contributed by atoms with Crippen LogP contribution in [0.15, 0.2) is 56.9 Å². The van der Waals surface area contributed by atoms with Crippen molar-refractivity contribution >= 4 is 17.4 Å². The lowest BCUT2D eigenvalue weighted by molar-refractivity contribution is 0.394. The molecule has 29 heavy (non-hydrogen) atoms. The third-order valence-electron chi connectivity index (χ3n) is 4.28. The van der Waals surface area contributed by atoms with Gasteiger partial charge in [-0.3, -0.25) is 9.20 Å². The number of methoxy groups -OCH3 is 2. The number of ether oxygens (including phenoxy) is 2. The normalized spacial score (nSPS) is 11.0. The van der Waals surface area contributed by atoms with Gasteiger partial charge in [-0.1, -0.05) is 17.8 Å². The fraction of sp³-hybridized carbons (Fsp3) is 0.200. The van der Waals surface area contributed by atoms with Crippen LogP contribution >= 0.6 is 11.8 Å². The van der Waals surface area contributed by atoms with Gasteiger partial charge in [0.05, 0.1) is 19.9 Å². The number of benzene rings is 1. The van der Waals surface area contributed by atoms with E-state index in [0.29, 0.717) is 45.3 Å². The minimum absolute atomic E-state index is 0.113. The second kappa shape index (κ2) is 7.96. The lowest BCUT2D eigenvalue weighted by atomic mass is 10.2. The Morgan fingerprint density at radius 3 is 2.55 bits per heavy atom. The molecule has 0 aliphatic carbocycles. The van der Waals surface area contributed by atoms with Crippen LogP contribution in [-0.4, -0.2) is 33.8 Å². The van der Waals surface area contributed by atoms with Crippen LogP contribution in [0.4, 0.5) is 0 Å². The van der Waals surface area contributed by atoms with Crippen LogP contribution in [0.25, 0.3) is 17.1 Å². The molecular formula is C20H18N4O4S. The number of aryl methyl sites for hydroxylation is 1. The predicted octanol–water partition coefficient (Wildman–Crippen LogP) is 3.36. The third kappa shape index (κ3) is 3.95. The first kappa shape index (κ1) is 19.0. The topological polar surface area (TPSA) is 91.8 Å². The maximum absolute atomic E-state index is 12.4. The van der Waals surface area contributed by atoms with Crippen molar-refractivity contribution in [3.8, 4) is 23.0 Å². The zero-order valence-electron chi connectivity index (χ0n) is 16.1. The maximum atomic E-state index is 12.4. The molecular weight excluding hydrogens is 392 g/mol. The minimum Gasteiger partial charge on any atom is -0.497 e. The summed E-state index contributed by atoms with van der Waals surface area (Å²) in [6, 6.07) is 12.4. The first-order valence-corrected chi connectivity index (χ1v) is 9.74. The Kier molecular flexibility index (Phi) is 5.22. The number of thioether (sulfide) groups is 1. The fourth-order valence-electron chi connectivity index (χ4n) is 2.89. The molecule has 0 radical (unpaired) electrons. The van der Waals surface area contributed by atoms with E-state index in [2.05, 4.69) is 15.2 Å². The summed E-state index contributed by atoms with van der Waals surface area (Å²) in [5.74, 6) is 2.04. The van der Waals surface area contributed by atoms with Crippen LogP contribution in [0.3, 0.4) is 0 Å². The molecule has 9 heteroatoms. The molecule has 0 aliphatic rings. The number of hydrogen-bond donors (Lipinski definition) is 0. The van der Waals surface area contributed by atoms with E-state index in [9.17, 15) is 4.79 Å². The van der Waals surface area contributed by atoms with Gasteiger partial charge in [0.25, 0.3) is 10.8 Å². The molecule has 0 unspecified atom stereocenters. The Morgan fingerprint density at radius 1 is 1.07 bits per heavy atom. The van der Waals surface area contributed by atoms with Crippen molar-refractivity contribution in [1.82, 2.24) is 19.6 Å². The van der Waals surface area contributed by atoms with Crippen molar-refractivity contribution < 1.29 is 13.9 Å². The molecule has 0 saturated heterocycles. The SMILES string of the molecule is COc1cc(OC)cc(-c2nnc(SCc3cc(=O)n4c(C)cccc4n3)o2)c1. The Morgan fingerprint density at radius 2 is 1.83 bits per heavy atom. The van der Waals surface area contributed by atoms with Gasteiger partial charge < -0.3 is 13.9 Å². The zero-order valence-corrected chi connectivity index (χ0v) is 16.9. The van der Waals surface area contributed by atoms with E-state index in [1.807, 2.05) is 25.1 Å². The van der Waals surface area contributed by atoms with Crippen molar-refractivity contribution in [2.45, 2.75) is 17.9 Å². The monoisotopic (exact) mass is 410 g/mol. The number of nitrogens with zero attached hydrogens (tertiary/aromatic N) is 4. The summed E-state index contributed by atoms with van der Waals surface area (Å²) in [7, 11) is 3.16. The summed E-state index contributed by atoms with van der Waals surface area (Å²) in [5, 5.41) is 8.55. The molecule has 148 valence electrons. The molecule has 3 heterocycles. The van der Waals surface area contributed by atoms with E-state index in [1.54, 1.807) is 36.8 Å². The number of aromatic nitrogens is 4. The quantitative estimate of drug-likeness (QED) is 0.447. The predicted molar refractivity (Wildman–Crippen MR) is 109 cm³/mol. The molecule has 4 aromatic rings. The van der Waals surface area contributed by atoms with Crippen molar-refractivity contribution in [3.05, 3.63) is 64.2 Å². The lowest BCUT2D eigenvalue weighted by Crippen LogP contribution is -2.17. The van der Waals surface area contributed by atoms with Crippen LogP contribution < -0.4 is 15.0 Å². The van der Waals surface area contributed by atoms with E-state index >= 15 is 0 Å². The van der Waals surface area contributed by atoms with Crippen LogP contribution in [-0.2, 0) is 5.75 Å². The summed E-state index contributed by atoms with van der Waals surface area (Å²) >= 11 is 1.32. The summed E-state index contributed by atoms with van der Waals surface area (Å²) in [6.45, 7) is 1.87. The molecule has 8 nitrogen and oxygen atoms in total. The first-order chi connectivity index (χ1) is 14.1. The Hall–Kier alpha value is -3.33. The van der Waals surface area contributed by atoms with E-state index < -0.39 is 0 Å². The molecule has 4 rings (SSSR count). The number of rotatable bonds is 6. The third-order valence-corrected chi connectivity index (χ3v) is 5.13. The summed E-state index contributed by atoms with van der Waals surface area (Å²) < 4.78 is 17.9. The van der Waals surface area contributed by atoms with E-state index in [1.165, 1.54) is 17.8 Å². The maximum Gasteiger partial charge on any atom is 0.277 e. The molecule has 0 aliphatic heterocycles. The summed E-state index contributed by atoms with van der Waals surface area (Å²) in [6.07, 6.45) is 0. The van der Waals surface area contributed by atoms with Crippen LogP contribution in [0.1, 0.15) is 11.4 Å². The Labute approximate surface area is 170 Å². The first-order valence-electron chi connectivity index (χ1n) is 8.75. The van der Waals surface area contributed by atoms with Gasteiger partial charge in [-0.05, 0) is 31.2 Å². The van der Waals surface area contributed by atoms with E-state index in [0.717, 1.165) is 5.69 Å². The average molecular weight is 410 g/mol. The molecule has 1 aromatic carbocycles. The second-order valence-electron chi connectivity index (χ2n) is 6.21. The highest BCUT2D eigenvalue weighted by atomic mass is 32.2. The minimum atomic E-state index is -0.113. The highest BCUT2D eigenvalue weighted by Gasteiger charge is 2.13. The molecule has 0 bridgehead atoms. The standard InChI is InChI=1S/C20H18N4O4S/c1-12-5-4-6-17-21-14(9-18(25)24(12)17)11-29-20-23-22-19(28-20)13-7-15(26-2)10-16(8-13)27-3/h4-10H,11H2,1-3H3. The smallest absolute Gasteiger partial charge is 0.277 e. The second-order valence-corrected chi connectivity index (χ2v) is 7.14. The van der Waals surface area contributed by atoms with E-state index in [4.69, 9.17) is 13.9 Å². The highest BCUT2D eigenvalue weighted by molar-refractivity contribution is 7.98. The lowest BCUT2D eigenvalue weighted by Gasteiger charge is -2.06. The molecule has 0 spiro atoms. The highest BCUT2D eigenvalue weighted by Crippen LogP contribution is 2.31. The van der Waals surface area contributed by atoms with Gasteiger partial charge in [0.2, 0.25) is 5.89 Å². The van der Waals surface area contributed by atoms with Gasteiger partial charge in [-0.2, -0.15) is 0 Å². The van der Waals surface area contributed by atoms with Gasteiger partial charge in [0, 0.05) is 29.1 Å². The number of pyridine rings is 1. The van der Waals surface area contributed by atoms with Crippen LogP contribution in [0.5, 0.6) is 11.5 Å². The number of fused-ring (bicyclic) bond motifs is 1. The van der Waals surface area contributed by atoms with Crippen LogP contribution in [0, 0.1) is 6.92 Å². The molecule has 0 amide bonds. The fourth-order valence-corrected chi connectivity index (χ4v) is 3.54. The van der Waals surface area contributed by atoms with Gasteiger partial charge in [0.15, 0.2) is 0 Å². The number of hydrogen-bond acceptors (Lipinski definition) is 8. The molecule has 0 N–H and O–H groups in total.